The van der Waals surface area contributed by atoms with Crippen molar-refractivity contribution < 1.29 is 9.00 Å². The Morgan fingerprint density at radius 1 is 1.03 bits per heavy atom. The first-order chi connectivity index (χ1) is 18.6. The molecule has 39 heavy (non-hydrogen) atoms. The molecule has 3 saturated carbocycles. The molecule has 3 aliphatic carbocycles. The van der Waals surface area contributed by atoms with Gasteiger partial charge in [-0.15, -0.1) is 0 Å². The maximum absolute atomic E-state index is 12.9. The number of rotatable bonds is 7. The Morgan fingerprint density at radius 3 is 2.49 bits per heavy atom. The van der Waals surface area contributed by atoms with Crippen LogP contribution >= 0.6 is 0 Å². The number of hydrogen-bond acceptors (Lipinski definition) is 6. The minimum Gasteiger partial charge on any atom is -0.379 e. The second kappa shape index (κ2) is 9.08. The van der Waals surface area contributed by atoms with E-state index in [1.165, 1.54) is 6.26 Å². The summed E-state index contributed by atoms with van der Waals surface area (Å²) in [5.74, 6) is -0.210. The molecule has 1 unspecified atom stereocenters. The van der Waals surface area contributed by atoms with Gasteiger partial charge in [-0.25, -0.2) is 18.6 Å². The Balaban J connectivity index is 1.10. The summed E-state index contributed by atoms with van der Waals surface area (Å²) in [6.07, 6.45) is 5.63. The number of anilines is 4. The maximum atomic E-state index is 12.9. The van der Waals surface area contributed by atoms with Crippen LogP contribution in [0.1, 0.15) is 29.6 Å². The Hall–Kier alpha value is -4.46. The normalized spacial score (nSPS) is 22.4. The van der Waals surface area contributed by atoms with Gasteiger partial charge in [0.15, 0.2) is 5.69 Å². The van der Waals surface area contributed by atoms with Gasteiger partial charge in [0.1, 0.15) is 9.92 Å². The highest BCUT2D eigenvalue weighted by atomic mass is 32.2. The number of aromatic nitrogens is 1. The third-order valence-electron chi connectivity index (χ3n) is 7.19. The van der Waals surface area contributed by atoms with Crippen LogP contribution in [0.25, 0.3) is 15.7 Å². The largest absolute Gasteiger partial charge is 0.379 e. The van der Waals surface area contributed by atoms with Crippen LogP contribution in [-0.2, 0) is 9.92 Å². The molecule has 3 aromatic carbocycles. The summed E-state index contributed by atoms with van der Waals surface area (Å²) in [5.41, 5.74) is 4.84. The zero-order chi connectivity index (χ0) is 27.3. The van der Waals surface area contributed by atoms with Gasteiger partial charge < -0.3 is 16.0 Å². The lowest BCUT2D eigenvalue weighted by molar-refractivity contribution is -0.0280. The molecule has 0 spiro atoms. The van der Waals surface area contributed by atoms with Gasteiger partial charge in [-0.3, -0.25) is 9.78 Å². The minimum atomic E-state index is -2.60. The van der Waals surface area contributed by atoms with Crippen LogP contribution < -0.4 is 21.1 Å². The molecule has 4 aromatic rings. The van der Waals surface area contributed by atoms with Crippen LogP contribution in [0.2, 0.25) is 0 Å². The lowest BCUT2D eigenvalue weighted by Gasteiger charge is -2.68. The van der Waals surface area contributed by atoms with Crippen molar-refractivity contribution in [3.63, 3.8) is 0 Å². The number of fused-ring (bicyclic) bond motifs is 1. The van der Waals surface area contributed by atoms with Crippen LogP contribution in [0.15, 0.2) is 83.4 Å². The van der Waals surface area contributed by atoms with E-state index in [9.17, 15) is 9.00 Å². The maximum Gasteiger partial charge on any atom is 0.255 e. The van der Waals surface area contributed by atoms with Crippen molar-refractivity contribution in [2.75, 3.05) is 22.2 Å². The van der Waals surface area contributed by atoms with Crippen molar-refractivity contribution in [3.05, 3.63) is 96.0 Å². The zero-order valence-corrected chi connectivity index (χ0v) is 22.1. The fourth-order valence-electron chi connectivity index (χ4n) is 5.71. The highest BCUT2D eigenvalue weighted by Gasteiger charge is 2.69. The Bertz CT molecular complexity index is 1760. The number of pyridine rings is 1. The van der Waals surface area contributed by atoms with Gasteiger partial charge in [-0.1, -0.05) is 12.1 Å². The molecule has 3 fully saturated rings. The molecule has 0 aliphatic heterocycles. The van der Waals surface area contributed by atoms with E-state index in [-0.39, 0.29) is 17.0 Å². The highest BCUT2D eigenvalue weighted by Crippen LogP contribution is 2.64. The summed E-state index contributed by atoms with van der Waals surface area (Å²) in [5, 5.41) is 16.4. The van der Waals surface area contributed by atoms with Gasteiger partial charge in [-0.2, -0.15) is 0 Å². The summed E-state index contributed by atoms with van der Waals surface area (Å²) in [6, 6.07) is 22.1. The fourth-order valence-corrected chi connectivity index (χ4v) is 6.67. The topological polar surface area (TPSA) is 126 Å². The van der Waals surface area contributed by atoms with Crippen molar-refractivity contribution in [1.29, 1.82) is 0 Å². The van der Waals surface area contributed by atoms with Crippen LogP contribution in [0.4, 0.5) is 28.4 Å². The minimum absolute atomic E-state index is 0.0443. The smallest absolute Gasteiger partial charge is 0.255 e. The molecule has 7 rings (SSSR count). The molecular formula is C29H27N7O2S. The molecule has 1 aromatic heterocycles. The third kappa shape index (κ3) is 5.02. The van der Waals surface area contributed by atoms with E-state index in [2.05, 4.69) is 30.1 Å². The predicted molar refractivity (Wildman–Crippen MR) is 156 cm³/mol. The fraction of sp³-hybridized carbons (Fsp3) is 0.207. The first-order valence-corrected chi connectivity index (χ1v) is 14.5. The summed E-state index contributed by atoms with van der Waals surface area (Å²) < 4.78 is 16.2. The van der Waals surface area contributed by atoms with Crippen LogP contribution in [0, 0.1) is 6.57 Å². The predicted octanol–water partition coefficient (Wildman–Crippen LogP) is 5.84. The Kier molecular flexibility index (Phi) is 5.79. The molecule has 3 aliphatic rings. The van der Waals surface area contributed by atoms with Crippen molar-refractivity contribution in [1.82, 2.24) is 4.98 Å². The second-order valence-corrected chi connectivity index (χ2v) is 12.4. The molecule has 196 valence electrons. The van der Waals surface area contributed by atoms with Crippen LogP contribution in [-0.4, -0.2) is 32.4 Å². The number of nitrogens with two attached hydrogens (primary N) is 1. The quantitative estimate of drug-likeness (QED) is 0.220. The molecule has 0 radical (unpaired) electrons. The van der Waals surface area contributed by atoms with Crippen molar-refractivity contribution >= 4 is 55.2 Å². The van der Waals surface area contributed by atoms with E-state index < -0.39 is 9.92 Å². The molecule has 9 nitrogen and oxygen atoms in total. The molecule has 2 bridgehead atoms. The Morgan fingerprint density at radius 2 is 1.77 bits per heavy atom. The van der Waals surface area contributed by atoms with Crippen LogP contribution in [0.5, 0.6) is 0 Å². The number of hydrogen-bond donors (Lipinski definition) is 4. The number of carbonyl (C=O) groups excluding carboxylic acids is 1. The molecule has 10 heteroatoms. The first kappa shape index (κ1) is 24.9. The Labute approximate surface area is 227 Å². The van der Waals surface area contributed by atoms with Crippen molar-refractivity contribution in [2.45, 2.75) is 30.3 Å². The van der Waals surface area contributed by atoms with Gasteiger partial charge in [0, 0.05) is 51.7 Å². The zero-order valence-electron chi connectivity index (χ0n) is 21.3. The average Bonchev–Trinajstić information content (AvgIpc) is 2.86. The van der Waals surface area contributed by atoms with E-state index in [0.717, 1.165) is 47.2 Å². The van der Waals surface area contributed by atoms with Gasteiger partial charge in [0.05, 0.1) is 17.6 Å². The second-order valence-electron chi connectivity index (χ2n) is 10.5. The van der Waals surface area contributed by atoms with E-state index in [0.29, 0.717) is 16.9 Å². The van der Waals surface area contributed by atoms with E-state index >= 15 is 0 Å². The van der Waals surface area contributed by atoms with E-state index in [4.69, 9.17) is 11.7 Å². The van der Waals surface area contributed by atoms with Gasteiger partial charge >= 0.3 is 0 Å². The molecule has 0 saturated heterocycles. The van der Waals surface area contributed by atoms with Gasteiger partial charge in [-0.05, 0) is 79.9 Å². The molecular weight excluding hydrogens is 510 g/mol. The summed E-state index contributed by atoms with van der Waals surface area (Å²) in [7, 11) is -2.60. The summed E-state index contributed by atoms with van der Waals surface area (Å²) >= 11 is 0. The van der Waals surface area contributed by atoms with Gasteiger partial charge in [0.2, 0.25) is 0 Å². The molecule has 1 atom stereocenters. The number of amides is 1. The molecule has 1 amide bonds. The number of carbonyl (C=O) groups is 1. The molecule has 5 N–H and O–H groups in total. The van der Waals surface area contributed by atoms with Crippen molar-refractivity contribution in [2.24, 2.45) is 9.50 Å². The van der Waals surface area contributed by atoms with Gasteiger partial charge in [0.25, 0.3) is 5.91 Å². The third-order valence-corrected chi connectivity index (χ3v) is 7.94. The van der Waals surface area contributed by atoms with Crippen LogP contribution in [0.3, 0.4) is 0 Å². The highest BCUT2D eigenvalue weighted by molar-refractivity contribution is 7.90. The summed E-state index contributed by atoms with van der Waals surface area (Å²) in [4.78, 5) is 20.8. The molecule has 1 heterocycles. The first-order valence-electron chi connectivity index (χ1n) is 12.5. The lowest BCUT2D eigenvalue weighted by atomic mass is 9.44. The van der Waals surface area contributed by atoms with E-state index in [1.54, 1.807) is 24.4 Å². The summed E-state index contributed by atoms with van der Waals surface area (Å²) in [6.45, 7) is 7.28. The number of benzene rings is 3. The standard InChI is InChI=1S/C29H27N7O2S/c1-31-21-10-11-25-24(15-21)26(12-13-32-25)33-20-8-6-19(7-9-20)27(37)34-22-4-3-5-23(14-22)35-28-16-29(17-28,18-28)36-39(2,30)38/h3-15,35H,16-18H2,2H3,(H,32,33)(H,34,37)(H2,30,36,38). The average molecular weight is 538 g/mol. The SMILES string of the molecule is [C-]#[N+]c1ccc2nccc(Nc3ccc(C(=O)Nc4cccc(NC56CC(N=S(C)(N)=O)(C5)C6)c4)cc3)c2c1. The number of nitrogens with zero attached hydrogens (tertiary/aromatic N) is 3. The van der Waals surface area contributed by atoms with E-state index in [1.807, 2.05) is 54.6 Å². The van der Waals surface area contributed by atoms with Crippen molar-refractivity contribution in [3.8, 4) is 0 Å². The lowest BCUT2D eigenvalue weighted by Crippen LogP contribution is -2.74. The number of nitrogens with one attached hydrogen (secondary N) is 3. The monoisotopic (exact) mass is 537 g/mol.